The molecule has 5 rings (SSSR count). The van der Waals surface area contributed by atoms with Crippen molar-refractivity contribution in [1.29, 1.82) is 0 Å². The number of rotatable bonds is 5. The summed E-state index contributed by atoms with van der Waals surface area (Å²) in [6, 6.07) is 3.13. The van der Waals surface area contributed by atoms with Crippen molar-refractivity contribution in [3.05, 3.63) is 18.3 Å². The standard InChI is InChI=1S/C21H30N4O2/c1-13(19(26)24-17-4-5-18(22-12-17)25(2)3)23-20(27)21-9-14-6-15(10-21)8-16(7-14)11-21/h4-5,12-16H,6-11H2,1-3H3,(H,23,27)(H,24,26)/t13-,14?,15?,16?,21?/m0/s1. The number of hydrogen-bond acceptors (Lipinski definition) is 4. The van der Waals surface area contributed by atoms with E-state index in [1.165, 1.54) is 19.3 Å². The normalized spacial score (nSPS) is 32.0. The maximum Gasteiger partial charge on any atom is 0.246 e. The number of anilines is 2. The minimum atomic E-state index is -0.556. The lowest BCUT2D eigenvalue weighted by Crippen LogP contribution is -2.56. The van der Waals surface area contributed by atoms with Gasteiger partial charge in [0.25, 0.3) is 0 Å². The molecule has 0 aliphatic heterocycles. The number of aromatic nitrogens is 1. The van der Waals surface area contributed by atoms with E-state index in [9.17, 15) is 9.59 Å². The first kappa shape index (κ1) is 18.3. The summed E-state index contributed by atoms with van der Waals surface area (Å²) >= 11 is 0. The summed E-state index contributed by atoms with van der Waals surface area (Å²) in [5.74, 6) is 2.86. The maximum absolute atomic E-state index is 13.1. The Bertz CT molecular complexity index is 693. The molecule has 0 radical (unpaired) electrons. The molecule has 4 saturated carbocycles. The molecule has 146 valence electrons. The molecule has 0 aromatic carbocycles. The molecule has 6 nitrogen and oxygen atoms in total. The Morgan fingerprint density at radius 2 is 1.70 bits per heavy atom. The topological polar surface area (TPSA) is 74.3 Å². The van der Waals surface area contributed by atoms with Crippen LogP contribution in [0.4, 0.5) is 11.5 Å². The van der Waals surface area contributed by atoms with Gasteiger partial charge in [-0.3, -0.25) is 9.59 Å². The van der Waals surface area contributed by atoms with Crippen molar-refractivity contribution in [3.63, 3.8) is 0 Å². The van der Waals surface area contributed by atoms with Crippen LogP contribution in [0.25, 0.3) is 0 Å². The number of nitrogens with one attached hydrogen (secondary N) is 2. The van der Waals surface area contributed by atoms with E-state index >= 15 is 0 Å². The molecule has 0 unspecified atom stereocenters. The fourth-order valence-electron chi connectivity index (χ4n) is 5.78. The Morgan fingerprint density at radius 1 is 1.11 bits per heavy atom. The van der Waals surface area contributed by atoms with Crippen molar-refractivity contribution >= 4 is 23.3 Å². The summed E-state index contributed by atoms with van der Waals surface area (Å²) in [5.41, 5.74) is 0.416. The molecule has 1 aromatic heterocycles. The van der Waals surface area contributed by atoms with Gasteiger partial charge in [-0.1, -0.05) is 0 Å². The highest BCUT2D eigenvalue weighted by atomic mass is 16.2. The van der Waals surface area contributed by atoms with E-state index in [-0.39, 0.29) is 17.2 Å². The van der Waals surface area contributed by atoms with E-state index in [0.29, 0.717) is 23.4 Å². The second-order valence-electron chi connectivity index (χ2n) is 9.18. The Kier molecular flexibility index (Phi) is 4.60. The minimum Gasteiger partial charge on any atom is -0.363 e. The number of hydrogen-bond donors (Lipinski definition) is 2. The molecule has 4 aliphatic carbocycles. The van der Waals surface area contributed by atoms with Crippen LogP contribution in [0.3, 0.4) is 0 Å². The summed E-state index contributed by atoms with van der Waals surface area (Å²) in [6.45, 7) is 1.76. The third-order valence-electron chi connectivity index (χ3n) is 6.73. The zero-order valence-corrected chi connectivity index (χ0v) is 16.5. The van der Waals surface area contributed by atoms with E-state index in [1.807, 2.05) is 31.1 Å². The highest BCUT2D eigenvalue weighted by Crippen LogP contribution is 2.60. The first-order chi connectivity index (χ1) is 12.8. The molecule has 6 heteroatoms. The van der Waals surface area contributed by atoms with Crippen LogP contribution in [0.5, 0.6) is 0 Å². The Balaban J connectivity index is 1.36. The average molecular weight is 370 g/mol. The van der Waals surface area contributed by atoms with Crippen molar-refractivity contribution in [1.82, 2.24) is 10.3 Å². The van der Waals surface area contributed by atoms with Crippen LogP contribution in [-0.4, -0.2) is 36.9 Å². The van der Waals surface area contributed by atoms with E-state index in [2.05, 4.69) is 15.6 Å². The van der Waals surface area contributed by atoms with E-state index in [4.69, 9.17) is 0 Å². The summed E-state index contributed by atoms with van der Waals surface area (Å²) in [7, 11) is 3.84. The molecular formula is C21H30N4O2. The van der Waals surface area contributed by atoms with Gasteiger partial charge in [0.15, 0.2) is 0 Å². The third-order valence-corrected chi connectivity index (χ3v) is 6.73. The van der Waals surface area contributed by atoms with E-state index < -0.39 is 6.04 Å². The summed E-state index contributed by atoms with van der Waals surface area (Å²) < 4.78 is 0. The van der Waals surface area contributed by atoms with Gasteiger partial charge in [0.2, 0.25) is 11.8 Å². The van der Waals surface area contributed by atoms with Crippen LogP contribution in [0.2, 0.25) is 0 Å². The van der Waals surface area contributed by atoms with E-state index in [1.54, 1.807) is 13.1 Å². The van der Waals surface area contributed by atoms with Crippen LogP contribution in [0, 0.1) is 23.2 Å². The molecular weight excluding hydrogens is 340 g/mol. The van der Waals surface area contributed by atoms with Gasteiger partial charge in [0, 0.05) is 19.5 Å². The summed E-state index contributed by atoms with van der Waals surface area (Å²) in [5, 5.41) is 5.86. The molecule has 0 spiro atoms. The molecule has 1 atom stereocenters. The van der Waals surface area contributed by atoms with Gasteiger partial charge in [-0.15, -0.1) is 0 Å². The summed E-state index contributed by atoms with van der Waals surface area (Å²) in [6.07, 6.45) is 8.58. The summed E-state index contributed by atoms with van der Waals surface area (Å²) in [4.78, 5) is 31.8. The number of carbonyl (C=O) groups is 2. The minimum absolute atomic E-state index is 0.0883. The van der Waals surface area contributed by atoms with Crippen molar-refractivity contribution in [2.24, 2.45) is 23.2 Å². The predicted molar refractivity (Wildman–Crippen MR) is 105 cm³/mol. The Morgan fingerprint density at radius 3 is 2.19 bits per heavy atom. The predicted octanol–water partition coefficient (Wildman–Crippen LogP) is 2.81. The van der Waals surface area contributed by atoms with Crippen LogP contribution in [-0.2, 0) is 9.59 Å². The SMILES string of the molecule is C[C@H](NC(=O)C12CC3CC(CC(C3)C1)C2)C(=O)Nc1ccc(N(C)C)nc1. The lowest BCUT2D eigenvalue weighted by Gasteiger charge is -2.55. The van der Waals surface area contributed by atoms with Crippen molar-refractivity contribution in [2.75, 3.05) is 24.3 Å². The maximum atomic E-state index is 13.1. The number of pyridine rings is 1. The lowest BCUT2D eigenvalue weighted by molar-refractivity contribution is -0.147. The van der Waals surface area contributed by atoms with E-state index in [0.717, 1.165) is 25.1 Å². The Hall–Kier alpha value is -2.11. The smallest absolute Gasteiger partial charge is 0.246 e. The zero-order chi connectivity index (χ0) is 19.2. The second-order valence-corrected chi connectivity index (χ2v) is 9.18. The first-order valence-electron chi connectivity index (χ1n) is 10.1. The highest BCUT2D eigenvalue weighted by Gasteiger charge is 2.54. The largest absolute Gasteiger partial charge is 0.363 e. The first-order valence-corrected chi connectivity index (χ1v) is 10.1. The molecule has 0 saturated heterocycles. The van der Waals surface area contributed by atoms with Crippen LogP contribution in [0.15, 0.2) is 18.3 Å². The van der Waals surface area contributed by atoms with Gasteiger partial charge in [0.1, 0.15) is 11.9 Å². The lowest BCUT2D eigenvalue weighted by atomic mass is 9.49. The molecule has 4 bridgehead atoms. The van der Waals surface area contributed by atoms with Crippen molar-refractivity contribution < 1.29 is 9.59 Å². The van der Waals surface area contributed by atoms with Gasteiger partial charge in [-0.25, -0.2) is 4.98 Å². The zero-order valence-electron chi connectivity index (χ0n) is 16.5. The number of amides is 2. The van der Waals surface area contributed by atoms with Crippen LogP contribution >= 0.6 is 0 Å². The van der Waals surface area contributed by atoms with Crippen molar-refractivity contribution in [2.45, 2.75) is 51.5 Å². The van der Waals surface area contributed by atoms with Gasteiger partial charge in [0.05, 0.1) is 11.9 Å². The van der Waals surface area contributed by atoms with Crippen molar-refractivity contribution in [3.8, 4) is 0 Å². The molecule has 2 N–H and O–H groups in total. The van der Waals surface area contributed by atoms with Crippen LogP contribution < -0.4 is 15.5 Å². The van der Waals surface area contributed by atoms with Gasteiger partial charge < -0.3 is 15.5 Å². The highest BCUT2D eigenvalue weighted by molar-refractivity contribution is 5.97. The fraction of sp³-hybridized carbons (Fsp3) is 0.667. The molecule has 1 heterocycles. The number of nitrogens with zero attached hydrogens (tertiary/aromatic N) is 2. The van der Waals surface area contributed by atoms with Gasteiger partial charge >= 0.3 is 0 Å². The molecule has 27 heavy (non-hydrogen) atoms. The quantitative estimate of drug-likeness (QED) is 0.836. The Labute approximate surface area is 161 Å². The third kappa shape index (κ3) is 3.54. The van der Waals surface area contributed by atoms with Gasteiger partial charge in [-0.2, -0.15) is 0 Å². The molecule has 2 amide bonds. The monoisotopic (exact) mass is 370 g/mol. The molecule has 1 aromatic rings. The fourth-order valence-corrected chi connectivity index (χ4v) is 5.78. The number of carbonyl (C=O) groups excluding carboxylic acids is 2. The van der Waals surface area contributed by atoms with Gasteiger partial charge in [-0.05, 0) is 75.3 Å². The second kappa shape index (κ2) is 6.80. The molecule has 4 aliphatic rings. The van der Waals surface area contributed by atoms with Crippen LogP contribution in [0.1, 0.15) is 45.4 Å². The average Bonchev–Trinajstić information content (AvgIpc) is 2.60. The molecule has 4 fully saturated rings.